The quantitative estimate of drug-likeness (QED) is 0.404. The highest BCUT2D eigenvalue weighted by atomic mass is 19.2. The van der Waals surface area contributed by atoms with Crippen molar-refractivity contribution in [3.8, 4) is 0 Å². The van der Waals surface area contributed by atoms with Gasteiger partial charge in [0, 0.05) is 27.6 Å². The summed E-state index contributed by atoms with van der Waals surface area (Å²) < 4.78 is 28.1. The molecule has 0 radical (unpaired) electrons. The van der Waals surface area contributed by atoms with Crippen molar-refractivity contribution >= 4 is 52.0 Å². The van der Waals surface area contributed by atoms with Crippen LogP contribution in [0.2, 0.25) is 0 Å². The van der Waals surface area contributed by atoms with E-state index < -0.39 is 7.40 Å². The minimum Gasteiger partial charge on any atom is -0.309 e. The molecule has 4 aromatic carbocycles. The summed E-state index contributed by atoms with van der Waals surface area (Å²) in [5, 5.41) is 3.81. The molecule has 0 aromatic heterocycles. The summed E-state index contributed by atoms with van der Waals surface area (Å²) >= 11 is 0. The van der Waals surface area contributed by atoms with Crippen molar-refractivity contribution in [3.63, 3.8) is 0 Å². The van der Waals surface area contributed by atoms with E-state index in [0.29, 0.717) is 17.1 Å². The Kier molecular flexibility index (Phi) is 3.04. The van der Waals surface area contributed by atoms with Gasteiger partial charge < -0.3 is 4.81 Å². The van der Waals surface area contributed by atoms with Crippen LogP contribution < -0.4 is 4.81 Å². The minimum absolute atomic E-state index is 0.241. The van der Waals surface area contributed by atoms with Crippen LogP contribution in [0.4, 0.5) is 20.0 Å². The van der Waals surface area contributed by atoms with E-state index in [0.717, 1.165) is 37.6 Å². The Balaban J connectivity index is 1.61. The first-order valence-corrected chi connectivity index (χ1v) is 9.01. The largest absolute Gasteiger partial charge is 0.679 e. The zero-order chi connectivity index (χ0) is 18.8. The van der Waals surface area contributed by atoms with Crippen LogP contribution in [0.1, 0.15) is 11.1 Å². The van der Waals surface area contributed by atoms with Gasteiger partial charge in [-0.2, -0.15) is 0 Å². The summed E-state index contributed by atoms with van der Waals surface area (Å²) in [6.45, 7) is 0. The first kappa shape index (κ1) is 15.5. The van der Waals surface area contributed by atoms with Crippen LogP contribution in [-0.2, 0) is 0 Å². The number of hydrogen-bond acceptors (Lipinski definition) is 2. The SMILES string of the molecule is FB(F)N1C(=NC2=Nc3cccc4cccc2c34)c2cccc3cccc1c23. The maximum atomic E-state index is 14.1. The van der Waals surface area contributed by atoms with Crippen LogP contribution in [0.25, 0.3) is 21.5 Å². The third kappa shape index (κ3) is 1.97. The highest BCUT2D eigenvalue weighted by Gasteiger charge is 2.38. The fourth-order valence-electron chi connectivity index (χ4n) is 4.22. The molecular weight excluding hydrogens is 355 g/mol. The van der Waals surface area contributed by atoms with Crippen LogP contribution in [0, 0.1) is 0 Å². The third-order valence-electron chi connectivity index (χ3n) is 5.37. The van der Waals surface area contributed by atoms with Crippen LogP contribution in [0.5, 0.6) is 0 Å². The van der Waals surface area contributed by atoms with Crippen molar-refractivity contribution < 1.29 is 8.63 Å². The van der Waals surface area contributed by atoms with E-state index in [1.54, 1.807) is 12.1 Å². The lowest BCUT2D eigenvalue weighted by atomic mass is 10.0. The summed E-state index contributed by atoms with van der Waals surface area (Å²) in [5.74, 6) is 0.711. The average Bonchev–Trinajstić information content (AvgIpc) is 3.22. The lowest BCUT2D eigenvalue weighted by Gasteiger charge is -2.17. The summed E-state index contributed by atoms with van der Waals surface area (Å²) in [6, 6.07) is 22.9. The topological polar surface area (TPSA) is 28.0 Å². The molecule has 0 aliphatic carbocycles. The normalized spacial score (nSPS) is 15.7. The molecule has 0 spiro atoms. The van der Waals surface area contributed by atoms with Crippen molar-refractivity contribution in [2.24, 2.45) is 9.98 Å². The number of nitrogens with zero attached hydrogens (tertiary/aromatic N) is 3. The zero-order valence-corrected chi connectivity index (χ0v) is 14.6. The summed E-state index contributed by atoms with van der Waals surface area (Å²) in [5.41, 5.74) is 2.89. The first-order chi connectivity index (χ1) is 13.7. The van der Waals surface area contributed by atoms with Crippen molar-refractivity contribution in [3.05, 3.63) is 83.9 Å². The van der Waals surface area contributed by atoms with Gasteiger partial charge in [-0.15, -0.1) is 0 Å². The molecule has 2 aliphatic heterocycles. The summed E-state index contributed by atoms with van der Waals surface area (Å²) in [7, 11) is -2.70. The molecule has 28 heavy (non-hydrogen) atoms. The Morgan fingerprint density at radius 1 is 0.750 bits per heavy atom. The molecule has 132 valence electrons. The van der Waals surface area contributed by atoms with Gasteiger partial charge in [-0.25, -0.2) is 9.98 Å². The van der Waals surface area contributed by atoms with Gasteiger partial charge in [-0.05, 0) is 22.9 Å². The Labute approximate surface area is 159 Å². The van der Waals surface area contributed by atoms with Crippen LogP contribution in [0.15, 0.2) is 82.8 Å². The van der Waals surface area contributed by atoms with E-state index in [4.69, 9.17) is 0 Å². The van der Waals surface area contributed by atoms with E-state index in [1.165, 1.54) is 0 Å². The third-order valence-corrected chi connectivity index (χ3v) is 5.37. The lowest BCUT2D eigenvalue weighted by molar-refractivity contribution is 0.660. The molecule has 3 nitrogen and oxygen atoms in total. The molecule has 0 saturated carbocycles. The second-order valence-corrected chi connectivity index (χ2v) is 6.88. The number of rotatable bonds is 1. The molecule has 6 rings (SSSR count). The molecule has 0 amide bonds. The Bertz CT molecular complexity index is 1350. The predicted molar refractivity (Wildman–Crippen MR) is 111 cm³/mol. The van der Waals surface area contributed by atoms with Gasteiger partial charge in [-0.1, -0.05) is 60.7 Å². The molecule has 4 aromatic rings. The fraction of sp³-hybridized carbons (Fsp3) is 0. The number of hydrogen-bond donors (Lipinski definition) is 0. The summed E-state index contributed by atoms with van der Waals surface area (Å²) in [6.07, 6.45) is 0. The first-order valence-electron chi connectivity index (χ1n) is 9.01. The number of halogens is 2. The van der Waals surface area contributed by atoms with Crippen molar-refractivity contribution in [1.82, 2.24) is 0 Å². The van der Waals surface area contributed by atoms with Crippen LogP contribution in [-0.4, -0.2) is 19.1 Å². The van der Waals surface area contributed by atoms with E-state index in [-0.39, 0.29) is 5.84 Å². The fourth-order valence-corrected chi connectivity index (χ4v) is 4.22. The van der Waals surface area contributed by atoms with Gasteiger partial charge in [0.1, 0.15) is 5.84 Å². The summed E-state index contributed by atoms with van der Waals surface area (Å²) in [4.78, 5) is 10.3. The van der Waals surface area contributed by atoms with E-state index in [1.807, 2.05) is 60.7 Å². The highest BCUT2D eigenvalue weighted by Crippen LogP contribution is 2.40. The number of aliphatic imine (C=N–C) groups is 2. The van der Waals surface area contributed by atoms with E-state index in [9.17, 15) is 8.63 Å². The van der Waals surface area contributed by atoms with E-state index in [2.05, 4.69) is 9.98 Å². The van der Waals surface area contributed by atoms with Gasteiger partial charge in [0.2, 0.25) is 0 Å². The molecule has 6 heteroatoms. The Morgan fingerprint density at radius 2 is 1.39 bits per heavy atom. The molecule has 2 aliphatic rings. The zero-order valence-electron chi connectivity index (χ0n) is 14.6. The van der Waals surface area contributed by atoms with Gasteiger partial charge in [0.15, 0.2) is 5.84 Å². The maximum Gasteiger partial charge on any atom is 0.679 e. The van der Waals surface area contributed by atoms with E-state index >= 15 is 0 Å². The predicted octanol–water partition coefficient (Wildman–Crippen LogP) is 5.58. The van der Waals surface area contributed by atoms with Crippen molar-refractivity contribution in [1.29, 1.82) is 0 Å². The molecular formula is C22H12BF2N3. The maximum absolute atomic E-state index is 14.1. The molecule has 0 atom stereocenters. The Hall–Kier alpha value is -3.54. The molecule has 0 N–H and O–H groups in total. The minimum atomic E-state index is -2.70. The monoisotopic (exact) mass is 367 g/mol. The number of benzene rings is 4. The highest BCUT2D eigenvalue weighted by molar-refractivity contribution is 6.60. The van der Waals surface area contributed by atoms with Crippen LogP contribution >= 0.6 is 0 Å². The van der Waals surface area contributed by atoms with Gasteiger partial charge >= 0.3 is 7.40 Å². The van der Waals surface area contributed by atoms with Gasteiger partial charge in [0.25, 0.3) is 0 Å². The second-order valence-electron chi connectivity index (χ2n) is 6.88. The lowest BCUT2D eigenvalue weighted by Crippen LogP contribution is -2.37. The Morgan fingerprint density at radius 3 is 2.14 bits per heavy atom. The smallest absolute Gasteiger partial charge is 0.309 e. The second kappa shape index (κ2) is 5.49. The van der Waals surface area contributed by atoms with Gasteiger partial charge in [-0.3, -0.25) is 8.63 Å². The van der Waals surface area contributed by atoms with Crippen molar-refractivity contribution in [2.75, 3.05) is 4.81 Å². The number of anilines is 1. The van der Waals surface area contributed by atoms with Crippen molar-refractivity contribution in [2.45, 2.75) is 0 Å². The average molecular weight is 367 g/mol. The molecule has 0 saturated heterocycles. The number of amidine groups is 2. The van der Waals surface area contributed by atoms with Gasteiger partial charge in [0.05, 0.1) is 5.69 Å². The molecule has 0 unspecified atom stereocenters. The molecule has 0 bridgehead atoms. The molecule has 0 fully saturated rings. The molecule has 2 heterocycles. The van der Waals surface area contributed by atoms with Crippen LogP contribution in [0.3, 0.4) is 0 Å². The standard InChI is InChI=1S/C22H12BF2N3/c24-23(25)28-18-12-4-8-14-6-2-10-16(20(14)18)22(28)27-21-15-9-1-5-13-7-3-11-17(26-21)19(13)15/h1-12H.